The number of rotatable bonds is 10. The molecule has 0 spiro atoms. The van der Waals surface area contributed by atoms with Crippen molar-refractivity contribution in [3.63, 3.8) is 0 Å². The highest BCUT2D eigenvalue weighted by molar-refractivity contribution is 5.89. The highest BCUT2D eigenvalue weighted by atomic mass is 16.7. The molecule has 16 heteroatoms. The Morgan fingerprint density at radius 2 is 1.51 bits per heavy atom. The number of esters is 1. The molecule has 8 N–H and O–H groups in total. The fourth-order valence-electron chi connectivity index (χ4n) is 5.86. The summed E-state index contributed by atoms with van der Waals surface area (Å²) >= 11 is 0. The number of fused-ring (bicyclic) bond motifs is 1. The van der Waals surface area contributed by atoms with Gasteiger partial charge in [-0.1, -0.05) is 13.8 Å². The van der Waals surface area contributed by atoms with E-state index in [0.29, 0.717) is 12.0 Å². The van der Waals surface area contributed by atoms with Gasteiger partial charge in [-0.15, -0.1) is 0 Å². The Hall–Kier alpha value is -3.84. The molecule has 5 rings (SSSR count). The van der Waals surface area contributed by atoms with Crippen molar-refractivity contribution in [2.75, 3.05) is 20.3 Å². The van der Waals surface area contributed by atoms with Crippen molar-refractivity contribution >= 4 is 16.9 Å². The van der Waals surface area contributed by atoms with E-state index in [4.69, 9.17) is 28.1 Å². The number of aliphatic hydroxyl groups is 6. The van der Waals surface area contributed by atoms with Crippen molar-refractivity contribution < 1.29 is 73.7 Å². The van der Waals surface area contributed by atoms with Crippen LogP contribution in [0.4, 0.5) is 0 Å². The number of carbonyl (C=O) groups is 1. The Balaban J connectivity index is 1.67. The molecule has 2 saturated heterocycles. The SMILES string of the molecule is CCC(C)C(=O)O[C@@H]1[C@@H](O[C@H]2[C@H](O)[C@@H](O)[C@H](CO)O[C@@H]2c2c(OC)cc(O)c3c(=O)cc(-c4ccc(O)cc4)oc23)O[C@@H](CO)[C@H](O)[C@H]1O. The van der Waals surface area contributed by atoms with Gasteiger partial charge in [0.05, 0.1) is 31.8 Å². The zero-order valence-corrected chi connectivity index (χ0v) is 26.8. The van der Waals surface area contributed by atoms with Crippen molar-refractivity contribution in [2.45, 2.75) is 81.5 Å². The summed E-state index contributed by atoms with van der Waals surface area (Å²) in [6.07, 6.45) is -16.6. The van der Waals surface area contributed by atoms with Crippen molar-refractivity contribution in [3.8, 4) is 28.6 Å². The van der Waals surface area contributed by atoms with Gasteiger partial charge in [0.2, 0.25) is 0 Å². The summed E-state index contributed by atoms with van der Waals surface area (Å²) in [5.74, 6) is -2.14. The van der Waals surface area contributed by atoms with Gasteiger partial charge >= 0.3 is 5.97 Å². The fraction of sp³-hybridized carbons (Fsp3) is 0.515. The normalized spacial score (nSPS) is 31.0. The molecule has 49 heavy (non-hydrogen) atoms. The van der Waals surface area contributed by atoms with E-state index in [9.17, 15) is 50.4 Å². The first kappa shape index (κ1) is 36.4. The van der Waals surface area contributed by atoms with E-state index in [1.165, 1.54) is 31.4 Å². The van der Waals surface area contributed by atoms with Crippen LogP contribution in [0.25, 0.3) is 22.3 Å². The fourth-order valence-corrected chi connectivity index (χ4v) is 5.86. The maximum absolute atomic E-state index is 13.4. The summed E-state index contributed by atoms with van der Waals surface area (Å²) in [5.41, 5.74) is -0.755. The monoisotopic (exact) mass is 692 g/mol. The Bertz CT molecular complexity index is 1670. The molecule has 3 heterocycles. The van der Waals surface area contributed by atoms with Crippen molar-refractivity contribution in [1.29, 1.82) is 0 Å². The van der Waals surface area contributed by atoms with Crippen LogP contribution >= 0.6 is 0 Å². The third-order valence-corrected chi connectivity index (χ3v) is 8.89. The van der Waals surface area contributed by atoms with E-state index >= 15 is 0 Å². The van der Waals surface area contributed by atoms with Crippen LogP contribution in [0.15, 0.2) is 45.6 Å². The average Bonchev–Trinajstić information content (AvgIpc) is 3.09. The second kappa shape index (κ2) is 15.0. The predicted molar refractivity (Wildman–Crippen MR) is 166 cm³/mol. The summed E-state index contributed by atoms with van der Waals surface area (Å²) in [5, 5.41) is 84.2. The summed E-state index contributed by atoms with van der Waals surface area (Å²) in [4.78, 5) is 26.3. The Morgan fingerprint density at radius 3 is 2.10 bits per heavy atom. The van der Waals surface area contributed by atoms with Gasteiger partial charge in [-0.3, -0.25) is 9.59 Å². The Kier molecular flexibility index (Phi) is 11.1. The first-order chi connectivity index (χ1) is 23.3. The number of carbonyl (C=O) groups excluding carboxylic acids is 1. The molecule has 2 aliphatic heterocycles. The zero-order valence-electron chi connectivity index (χ0n) is 26.8. The number of hydrogen-bond donors (Lipinski definition) is 8. The molecule has 0 radical (unpaired) electrons. The molecule has 0 saturated carbocycles. The van der Waals surface area contributed by atoms with Crippen LogP contribution in [0.3, 0.4) is 0 Å². The number of phenols is 2. The third-order valence-electron chi connectivity index (χ3n) is 8.89. The molecule has 3 aromatic rings. The highest BCUT2D eigenvalue weighted by Crippen LogP contribution is 2.46. The third kappa shape index (κ3) is 6.96. The molecule has 1 aromatic heterocycles. The van der Waals surface area contributed by atoms with Crippen LogP contribution < -0.4 is 10.2 Å². The lowest BCUT2D eigenvalue weighted by atomic mass is 9.89. The topological polar surface area (TPSA) is 255 Å². The number of aliphatic hydroxyl groups excluding tert-OH is 6. The van der Waals surface area contributed by atoms with Gasteiger partial charge in [-0.05, 0) is 30.7 Å². The summed E-state index contributed by atoms with van der Waals surface area (Å²) in [7, 11) is 1.23. The zero-order chi connectivity index (χ0) is 35.7. The van der Waals surface area contributed by atoms with Crippen LogP contribution in [0.2, 0.25) is 0 Å². The number of aromatic hydroxyl groups is 2. The van der Waals surface area contributed by atoms with E-state index in [0.717, 1.165) is 12.1 Å². The predicted octanol–water partition coefficient (Wildman–Crippen LogP) is -0.184. The molecule has 0 aliphatic carbocycles. The van der Waals surface area contributed by atoms with E-state index in [2.05, 4.69) is 0 Å². The maximum atomic E-state index is 13.4. The molecule has 0 bridgehead atoms. The van der Waals surface area contributed by atoms with Gasteiger partial charge in [0.15, 0.2) is 23.4 Å². The summed E-state index contributed by atoms with van der Waals surface area (Å²) < 4.78 is 35.1. The maximum Gasteiger partial charge on any atom is 0.309 e. The molecule has 11 atom stereocenters. The molecule has 2 aliphatic rings. The molecule has 1 unspecified atom stereocenters. The first-order valence-electron chi connectivity index (χ1n) is 15.6. The number of hydrogen-bond acceptors (Lipinski definition) is 16. The van der Waals surface area contributed by atoms with Crippen molar-refractivity contribution in [1.82, 2.24) is 0 Å². The molecule has 268 valence electrons. The smallest absolute Gasteiger partial charge is 0.309 e. The van der Waals surface area contributed by atoms with Crippen LogP contribution in [-0.4, -0.2) is 122 Å². The molecule has 0 amide bonds. The number of phenolic OH excluding ortho intramolecular Hbond substituents is 2. The standard InChI is InChI=1S/C33H40O16/c1-4-13(2)32(43)48-31-27(42)25(40)21(12-35)47-33(31)49-30-26(41)24(39)20(11-34)46-29(30)23-19(44-3)10-17(38)22-16(37)9-18(45-28(22)23)14-5-7-15(36)8-6-14/h5-10,13,20-21,24-27,29-31,33-36,38-42H,4,11-12H2,1-3H3/t13?,20-,21-,24-,25-,26+,27+,29+,30-,31-,33+/m0/s1. The molecular formula is C33H40O16. The quantitative estimate of drug-likeness (QED) is 0.128. The van der Waals surface area contributed by atoms with Crippen LogP contribution in [0, 0.1) is 5.92 Å². The van der Waals surface area contributed by atoms with Crippen molar-refractivity contribution in [3.05, 3.63) is 52.2 Å². The van der Waals surface area contributed by atoms with Gasteiger partial charge in [0.1, 0.15) is 77.2 Å². The second-order valence-corrected chi connectivity index (χ2v) is 12.0. The Labute approximate surface area is 279 Å². The van der Waals surface area contributed by atoms with Gasteiger partial charge in [-0.2, -0.15) is 0 Å². The van der Waals surface area contributed by atoms with Gasteiger partial charge in [0, 0.05) is 17.7 Å². The van der Waals surface area contributed by atoms with Crippen molar-refractivity contribution in [2.24, 2.45) is 5.92 Å². The molecule has 2 aromatic carbocycles. The van der Waals surface area contributed by atoms with E-state index in [-0.39, 0.29) is 33.8 Å². The lowest BCUT2D eigenvalue weighted by Crippen LogP contribution is -2.63. The second-order valence-electron chi connectivity index (χ2n) is 12.0. The van der Waals surface area contributed by atoms with Gasteiger partial charge in [0.25, 0.3) is 0 Å². The van der Waals surface area contributed by atoms with Gasteiger partial charge < -0.3 is 69.0 Å². The number of benzene rings is 2. The minimum absolute atomic E-state index is 0.00509. The molecule has 2 fully saturated rings. The van der Waals surface area contributed by atoms with Crippen LogP contribution in [0.1, 0.15) is 31.9 Å². The lowest BCUT2D eigenvalue weighted by molar-refractivity contribution is -0.344. The van der Waals surface area contributed by atoms with E-state index in [1.807, 2.05) is 0 Å². The Morgan fingerprint density at radius 1 is 0.898 bits per heavy atom. The van der Waals surface area contributed by atoms with E-state index < -0.39 is 97.5 Å². The largest absolute Gasteiger partial charge is 0.508 e. The highest BCUT2D eigenvalue weighted by Gasteiger charge is 2.53. The van der Waals surface area contributed by atoms with E-state index in [1.54, 1.807) is 13.8 Å². The van der Waals surface area contributed by atoms with Gasteiger partial charge in [-0.25, -0.2) is 0 Å². The minimum Gasteiger partial charge on any atom is -0.508 e. The lowest BCUT2D eigenvalue weighted by Gasteiger charge is -2.47. The number of ether oxygens (including phenoxy) is 5. The van der Waals surface area contributed by atoms with Crippen LogP contribution in [-0.2, 0) is 23.7 Å². The number of methoxy groups -OCH3 is 1. The van der Waals surface area contributed by atoms with Crippen LogP contribution in [0.5, 0.6) is 17.2 Å². The summed E-state index contributed by atoms with van der Waals surface area (Å²) in [6.45, 7) is 1.71. The molecule has 16 nitrogen and oxygen atoms in total. The average molecular weight is 693 g/mol. The first-order valence-corrected chi connectivity index (χ1v) is 15.6. The minimum atomic E-state index is -1.90. The molecular weight excluding hydrogens is 652 g/mol. The summed E-state index contributed by atoms with van der Waals surface area (Å²) in [6, 6.07) is 7.88.